The molecule has 1 aliphatic heterocycles. The summed E-state index contributed by atoms with van der Waals surface area (Å²) in [5.41, 5.74) is 1.56. The molecule has 1 aromatic carbocycles. The summed E-state index contributed by atoms with van der Waals surface area (Å²) in [5, 5.41) is 15.0. The van der Waals surface area contributed by atoms with E-state index >= 15 is 0 Å². The van der Waals surface area contributed by atoms with Crippen LogP contribution in [0.25, 0.3) is 10.9 Å². The van der Waals surface area contributed by atoms with Gasteiger partial charge < -0.3 is 14.7 Å². The first-order chi connectivity index (χ1) is 12.6. The number of aromatic amines is 1. The average molecular weight is 354 g/mol. The zero-order chi connectivity index (χ0) is 18.1. The van der Waals surface area contributed by atoms with E-state index < -0.39 is 0 Å². The monoisotopic (exact) mass is 354 g/mol. The molecule has 2 aromatic heterocycles. The lowest BCUT2D eigenvalue weighted by molar-refractivity contribution is 0.184. The van der Waals surface area contributed by atoms with Gasteiger partial charge in [-0.1, -0.05) is 31.1 Å². The number of para-hydroxylation sites is 1. The molecule has 0 radical (unpaired) electrons. The molecule has 2 amide bonds. The number of fused-ring (bicyclic) bond motifs is 1. The molecule has 0 bridgehead atoms. The number of hydrogen-bond donors (Lipinski definition) is 2. The number of benzene rings is 1. The van der Waals surface area contributed by atoms with E-state index in [-0.39, 0.29) is 17.9 Å². The number of nitrogens with one attached hydrogen (secondary N) is 2. The van der Waals surface area contributed by atoms with Crippen molar-refractivity contribution in [3.63, 3.8) is 0 Å². The molecule has 3 heterocycles. The van der Waals surface area contributed by atoms with Crippen LogP contribution in [-0.2, 0) is 0 Å². The van der Waals surface area contributed by atoms with Crippen LogP contribution < -0.4 is 5.32 Å². The van der Waals surface area contributed by atoms with Crippen molar-refractivity contribution in [3.05, 3.63) is 36.1 Å². The highest BCUT2D eigenvalue weighted by atomic mass is 16.5. The van der Waals surface area contributed by atoms with Gasteiger partial charge in [-0.3, -0.25) is 5.10 Å². The number of aromatic nitrogens is 4. The van der Waals surface area contributed by atoms with Crippen molar-refractivity contribution >= 4 is 22.6 Å². The van der Waals surface area contributed by atoms with Crippen molar-refractivity contribution in [2.75, 3.05) is 18.4 Å². The Kier molecular flexibility index (Phi) is 4.32. The number of hydrogen-bond acceptors (Lipinski definition) is 5. The van der Waals surface area contributed by atoms with E-state index in [1.165, 1.54) is 0 Å². The number of piperidine rings is 1. The van der Waals surface area contributed by atoms with Crippen LogP contribution in [0.1, 0.15) is 50.2 Å². The Hall–Kier alpha value is -2.90. The van der Waals surface area contributed by atoms with Gasteiger partial charge in [0.15, 0.2) is 5.82 Å². The maximum Gasteiger partial charge on any atom is 0.321 e. The van der Waals surface area contributed by atoms with Crippen LogP contribution in [0.4, 0.5) is 10.5 Å². The second kappa shape index (κ2) is 6.78. The third kappa shape index (κ3) is 3.14. The first kappa shape index (κ1) is 16.6. The van der Waals surface area contributed by atoms with Gasteiger partial charge in [-0.2, -0.15) is 10.1 Å². The van der Waals surface area contributed by atoms with Gasteiger partial charge in [-0.15, -0.1) is 0 Å². The Bertz CT molecular complexity index is 915. The molecule has 3 aromatic rings. The van der Waals surface area contributed by atoms with Crippen molar-refractivity contribution in [2.24, 2.45) is 0 Å². The van der Waals surface area contributed by atoms with E-state index in [1.807, 2.05) is 36.9 Å². The summed E-state index contributed by atoms with van der Waals surface area (Å²) in [6, 6.07) is 5.60. The largest absolute Gasteiger partial charge is 0.339 e. The maximum absolute atomic E-state index is 12.7. The van der Waals surface area contributed by atoms with E-state index in [2.05, 4.69) is 25.7 Å². The molecule has 2 N–H and O–H groups in total. The normalized spacial score (nSPS) is 17.8. The van der Waals surface area contributed by atoms with Crippen LogP contribution in [0.15, 0.2) is 28.9 Å². The highest BCUT2D eigenvalue weighted by Gasteiger charge is 2.29. The molecule has 8 heteroatoms. The first-order valence-electron chi connectivity index (χ1n) is 8.93. The number of anilines is 1. The van der Waals surface area contributed by atoms with Gasteiger partial charge in [0, 0.05) is 24.4 Å². The minimum absolute atomic E-state index is 0.0810. The molecule has 0 unspecified atom stereocenters. The van der Waals surface area contributed by atoms with Crippen molar-refractivity contribution < 1.29 is 9.32 Å². The van der Waals surface area contributed by atoms with E-state index in [0.29, 0.717) is 24.8 Å². The summed E-state index contributed by atoms with van der Waals surface area (Å²) in [6.07, 6.45) is 3.59. The molecule has 136 valence electrons. The van der Waals surface area contributed by atoms with Gasteiger partial charge in [0.1, 0.15) is 0 Å². The van der Waals surface area contributed by atoms with Crippen molar-refractivity contribution in [1.82, 2.24) is 25.2 Å². The number of urea groups is 1. The van der Waals surface area contributed by atoms with Gasteiger partial charge in [0.25, 0.3) is 0 Å². The molecule has 1 saturated heterocycles. The topological polar surface area (TPSA) is 99.9 Å². The standard InChI is InChI=1S/C18H22N6O2/c1-11(2)16-21-17(26-23-16)13-6-4-8-24(10-13)18(25)20-14-7-3-5-12-9-19-22-15(12)14/h3,5,7,9,11,13H,4,6,8,10H2,1-2H3,(H,19,22)(H,20,25)/t13-/m0/s1. The second-order valence-electron chi connectivity index (χ2n) is 7.00. The molecule has 0 aliphatic carbocycles. The predicted octanol–water partition coefficient (Wildman–Crippen LogP) is 3.48. The Morgan fingerprint density at radius 2 is 2.31 bits per heavy atom. The fourth-order valence-electron chi connectivity index (χ4n) is 3.28. The van der Waals surface area contributed by atoms with Crippen LogP contribution in [0.3, 0.4) is 0 Å². The summed E-state index contributed by atoms with van der Waals surface area (Å²) < 4.78 is 5.43. The second-order valence-corrected chi connectivity index (χ2v) is 7.00. The fraction of sp³-hybridized carbons (Fsp3) is 0.444. The van der Waals surface area contributed by atoms with Crippen LogP contribution in [0, 0.1) is 0 Å². The highest BCUT2D eigenvalue weighted by molar-refractivity contribution is 5.99. The summed E-state index contributed by atoms with van der Waals surface area (Å²) in [7, 11) is 0. The number of amides is 2. The molecule has 8 nitrogen and oxygen atoms in total. The molecule has 1 fully saturated rings. The molecule has 0 saturated carbocycles. The number of rotatable bonds is 3. The third-order valence-corrected chi connectivity index (χ3v) is 4.75. The summed E-state index contributed by atoms with van der Waals surface area (Å²) >= 11 is 0. The van der Waals surface area contributed by atoms with Crippen molar-refractivity contribution in [1.29, 1.82) is 0 Å². The number of nitrogens with zero attached hydrogens (tertiary/aromatic N) is 4. The molecule has 1 atom stereocenters. The van der Waals surface area contributed by atoms with Gasteiger partial charge >= 0.3 is 6.03 Å². The number of carbonyl (C=O) groups is 1. The van der Waals surface area contributed by atoms with Gasteiger partial charge in [-0.25, -0.2) is 4.79 Å². The van der Waals surface area contributed by atoms with Gasteiger partial charge in [0.2, 0.25) is 5.89 Å². The molecule has 4 rings (SSSR count). The quantitative estimate of drug-likeness (QED) is 0.750. The zero-order valence-corrected chi connectivity index (χ0v) is 14.9. The van der Waals surface area contributed by atoms with Gasteiger partial charge in [-0.05, 0) is 18.9 Å². The summed E-state index contributed by atoms with van der Waals surface area (Å²) in [4.78, 5) is 19.0. The van der Waals surface area contributed by atoms with Crippen molar-refractivity contribution in [3.8, 4) is 0 Å². The lowest BCUT2D eigenvalue weighted by atomic mass is 9.98. The maximum atomic E-state index is 12.7. The Morgan fingerprint density at radius 3 is 3.12 bits per heavy atom. The van der Waals surface area contributed by atoms with E-state index in [4.69, 9.17) is 4.52 Å². The highest BCUT2D eigenvalue weighted by Crippen LogP contribution is 2.28. The smallest absolute Gasteiger partial charge is 0.321 e. The molecular weight excluding hydrogens is 332 g/mol. The van der Waals surface area contributed by atoms with E-state index in [9.17, 15) is 4.79 Å². The predicted molar refractivity (Wildman–Crippen MR) is 97.0 cm³/mol. The zero-order valence-electron chi connectivity index (χ0n) is 14.9. The average Bonchev–Trinajstić information content (AvgIpc) is 3.32. The fourth-order valence-corrected chi connectivity index (χ4v) is 3.28. The summed E-state index contributed by atoms with van der Waals surface area (Å²) in [6.45, 7) is 5.35. The minimum atomic E-state index is -0.125. The first-order valence-corrected chi connectivity index (χ1v) is 8.93. The molecule has 1 aliphatic rings. The number of likely N-dealkylation sites (tertiary alicyclic amines) is 1. The minimum Gasteiger partial charge on any atom is -0.339 e. The Morgan fingerprint density at radius 1 is 1.42 bits per heavy atom. The molecule has 0 spiro atoms. The summed E-state index contributed by atoms with van der Waals surface area (Å²) in [5.74, 6) is 1.65. The lowest BCUT2D eigenvalue weighted by Gasteiger charge is -2.31. The van der Waals surface area contributed by atoms with E-state index in [0.717, 1.165) is 29.4 Å². The van der Waals surface area contributed by atoms with E-state index in [1.54, 1.807) is 6.20 Å². The van der Waals surface area contributed by atoms with Crippen LogP contribution in [-0.4, -0.2) is 44.4 Å². The van der Waals surface area contributed by atoms with Crippen molar-refractivity contribution in [2.45, 2.75) is 38.5 Å². The molecular formula is C18H22N6O2. The number of H-pyrrole nitrogens is 1. The number of carbonyl (C=O) groups excluding carboxylic acids is 1. The lowest BCUT2D eigenvalue weighted by Crippen LogP contribution is -2.41. The Labute approximate surface area is 151 Å². The third-order valence-electron chi connectivity index (χ3n) is 4.75. The SMILES string of the molecule is CC(C)c1noc([C@H]2CCCN(C(=O)Nc3cccc4cn[nH]c34)C2)n1. The van der Waals surface area contributed by atoms with Gasteiger partial charge in [0.05, 0.1) is 23.3 Å². The van der Waals surface area contributed by atoms with Crippen LogP contribution in [0.5, 0.6) is 0 Å². The molecule has 26 heavy (non-hydrogen) atoms. The van der Waals surface area contributed by atoms with Crippen LogP contribution >= 0.6 is 0 Å². The van der Waals surface area contributed by atoms with Crippen LogP contribution in [0.2, 0.25) is 0 Å². The Balaban J connectivity index is 1.47.